The first-order valence-electron chi connectivity index (χ1n) is 15.1. The Morgan fingerprint density at radius 1 is 0.951 bits per heavy atom. The van der Waals surface area contributed by atoms with Crippen LogP contribution in [-0.2, 0) is 11.2 Å². The number of pyridine rings is 1. The summed E-state index contributed by atoms with van der Waals surface area (Å²) in [6.07, 6.45) is 14.2. The van der Waals surface area contributed by atoms with Crippen LogP contribution in [-0.4, -0.2) is 68.5 Å². The highest BCUT2D eigenvalue weighted by Crippen LogP contribution is 2.40. The smallest absolute Gasteiger partial charge is 0.329 e. The number of rotatable bonds is 7. The second kappa shape index (κ2) is 11.5. The minimum absolute atomic E-state index is 0.0338. The molecule has 2 saturated carbocycles. The number of hydrogen-bond donors (Lipinski definition) is 1. The van der Waals surface area contributed by atoms with E-state index in [1.54, 1.807) is 24.5 Å². The third-order valence-corrected chi connectivity index (χ3v) is 9.00. The van der Waals surface area contributed by atoms with Gasteiger partial charge in [-0.2, -0.15) is 0 Å². The zero-order chi connectivity index (χ0) is 28.4. The number of imide groups is 1. The van der Waals surface area contributed by atoms with Gasteiger partial charge in [0.15, 0.2) is 17.2 Å². The lowest BCUT2D eigenvalue weighted by molar-refractivity contribution is -0.127. The number of carbonyl (C=O) groups is 3. The fourth-order valence-electron chi connectivity index (χ4n) is 6.80. The summed E-state index contributed by atoms with van der Waals surface area (Å²) >= 11 is 0. The SMILES string of the molecule is CC12N=C(c3ccc(C(=O)NCCc4cccnc4)cc3)N=C1C(=O)N(C1CCCCC1)C(=O)N2C1CCCCC1. The molecule has 1 atom stereocenters. The number of urea groups is 1. The van der Waals surface area contributed by atoms with Crippen molar-refractivity contribution in [2.75, 3.05) is 6.54 Å². The van der Waals surface area contributed by atoms with Gasteiger partial charge in [-0.05, 0) is 62.8 Å². The summed E-state index contributed by atoms with van der Waals surface area (Å²) in [5.74, 6) is -0.0357. The molecule has 2 aliphatic heterocycles. The number of fused-ring (bicyclic) bond motifs is 1. The van der Waals surface area contributed by atoms with E-state index >= 15 is 0 Å². The van der Waals surface area contributed by atoms with Crippen LogP contribution in [0.4, 0.5) is 4.79 Å². The van der Waals surface area contributed by atoms with Crippen molar-refractivity contribution in [1.82, 2.24) is 20.1 Å². The lowest BCUT2D eigenvalue weighted by Crippen LogP contribution is -2.71. The first-order chi connectivity index (χ1) is 20.0. The standard InChI is InChI=1S/C32H38N6O3/c1-32-27(30(40)37(25-10-4-2-5-11-25)31(41)38(32)26-12-6-3-7-13-26)35-28(36-32)23-14-16-24(17-15-23)29(39)34-20-18-22-9-8-19-33-21-22/h8-9,14-17,19,21,25-26H,2-7,10-13,18,20H2,1H3,(H,34,39). The fraction of sp³-hybridized carbons (Fsp3) is 0.500. The Morgan fingerprint density at radius 3 is 2.29 bits per heavy atom. The van der Waals surface area contributed by atoms with E-state index in [-0.39, 0.29) is 29.9 Å². The van der Waals surface area contributed by atoms with Gasteiger partial charge in [0.25, 0.3) is 11.8 Å². The highest BCUT2D eigenvalue weighted by molar-refractivity contribution is 6.49. The summed E-state index contributed by atoms with van der Waals surface area (Å²) in [6, 6.07) is 10.7. The molecule has 0 radical (unpaired) electrons. The lowest BCUT2D eigenvalue weighted by Gasteiger charge is -2.50. The fourth-order valence-corrected chi connectivity index (χ4v) is 6.80. The summed E-state index contributed by atoms with van der Waals surface area (Å²) in [5, 5.41) is 2.95. The van der Waals surface area contributed by atoms with Crippen LogP contribution in [0.1, 0.15) is 92.6 Å². The van der Waals surface area contributed by atoms with Crippen molar-refractivity contribution in [2.45, 2.75) is 95.3 Å². The van der Waals surface area contributed by atoms with E-state index in [4.69, 9.17) is 9.98 Å². The average molecular weight is 555 g/mol. The van der Waals surface area contributed by atoms with Crippen LogP contribution in [0.15, 0.2) is 58.8 Å². The van der Waals surface area contributed by atoms with Crippen LogP contribution in [0.3, 0.4) is 0 Å². The molecule has 2 aromatic rings. The number of hydrogen-bond acceptors (Lipinski definition) is 6. The number of nitrogens with one attached hydrogen (secondary N) is 1. The van der Waals surface area contributed by atoms with Gasteiger partial charge in [-0.25, -0.2) is 14.8 Å². The first kappa shape index (κ1) is 27.3. The Hall–Kier alpha value is -3.88. The van der Waals surface area contributed by atoms with Gasteiger partial charge in [0.2, 0.25) is 0 Å². The van der Waals surface area contributed by atoms with Crippen LogP contribution < -0.4 is 5.32 Å². The number of aliphatic imine (C=N–C) groups is 2. The Balaban J connectivity index is 1.24. The molecule has 3 fully saturated rings. The molecule has 9 nitrogen and oxygen atoms in total. The summed E-state index contributed by atoms with van der Waals surface area (Å²) in [6.45, 7) is 2.38. The quantitative estimate of drug-likeness (QED) is 0.525. The van der Waals surface area contributed by atoms with Crippen molar-refractivity contribution in [2.24, 2.45) is 9.98 Å². The van der Waals surface area contributed by atoms with E-state index in [0.717, 1.165) is 63.4 Å². The van der Waals surface area contributed by atoms with Crippen LogP contribution in [0.25, 0.3) is 0 Å². The second-order valence-electron chi connectivity index (χ2n) is 11.8. The first-order valence-corrected chi connectivity index (χ1v) is 15.1. The van der Waals surface area contributed by atoms with Gasteiger partial charge in [0, 0.05) is 42.1 Å². The molecule has 2 aliphatic carbocycles. The van der Waals surface area contributed by atoms with Crippen molar-refractivity contribution >= 4 is 29.4 Å². The molecule has 1 N–H and O–H groups in total. The molecule has 1 unspecified atom stereocenters. The molecule has 214 valence electrons. The predicted octanol–water partition coefficient (Wildman–Crippen LogP) is 4.90. The van der Waals surface area contributed by atoms with Crippen molar-refractivity contribution in [3.63, 3.8) is 0 Å². The maximum atomic E-state index is 14.1. The summed E-state index contributed by atoms with van der Waals surface area (Å²) in [7, 11) is 0. The molecule has 9 heteroatoms. The van der Waals surface area contributed by atoms with Gasteiger partial charge >= 0.3 is 6.03 Å². The predicted molar refractivity (Wildman–Crippen MR) is 157 cm³/mol. The number of carbonyl (C=O) groups excluding carboxylic acids is 3. The molecule has 1 saturated heterocycles. The van der Waals surface area contributed by atoms with Gasteiger partial charge in [-0.1, -0.05) is 56.7 Å². The largest absolute Gasteiger partial charge is 0.352 e. The van der Waals surface area contributed by atoms with Gasteiger partial charge in [0.1, 0.15) is 0 Å². The molecule has 1 aromatic heterocycles. The molecule has 0 spiro atoms. The summed E-state index contributed by atoms with van der Waals surface area (Å²) < 4.78 is 0. The maximum absolute atomic E-state index is 14.1. The number of amides is 4. The topological polar surface area (TPSA) is 107 Å². The zero-order valence-electron chi connectivity index (χ0n) is 23.7. The molecule has 1 aromatic carbocycles. The lowest BCUT2D eigenvalue weighted by atomic mass is 9.88. The number of amidine groups is 1. The van der Waals surface area contributed by atoms with E-state index in [0.29, 0.717) is 35.6 Å². The Bertz CT molecular complexity index is 1360. The van der Waals surface area contributed by atoms with E-state index in [1.165, 1.54) is 11.3 Å². The molecule has 4 amide bonds. The molecule has 0 bridgehead atoms. The van der Waals surface area contributed by atoms with Gasteiger partial charge in [0.05, 0.1) is 0 Å². The molecule has 3 heterocycles. The monoisotopic (exact) mass is 554 g/mol. The highest BCUT2D eigenvalue weighted by atomic mass is 16.2. The Labute approximate surface area is 241 Å². The summed E-state index contributed by atoms with van der Waals surface area (Å²) in [4.78, 5) is 57.9. The van der Waals surface area contributed by atoms with Crippen molar-refractivity contribution in [1.29, 1.82) is 0 Å². The van der Waals surface area contributed by atoms with Crippen molar-refractivity contribution < 1.29 is 14.4 Å². The van der Waals surface area contributed by atoms with Crippen LogP contribution in [0.5, 0.6) is 0 Å². The van der Waals surface area contributed by atoms with E-state index in [1.807, 2.05) is 36.1 Å². The molecule has 4 aliphatic rings. The van der Waals surface area contributed by atoms with Gasteiger partial charge in [-0.3, -0.25) is 24.4 Å². The second-order valence-corrected chi connectivity index (χ2v) is 11.8. The Morgan fingerprint density at radius 2 is 1.63 bits per heavy atom. The molecular weight excluding hydrogens is 516 g/mol. The molecular formula is C32H38N6O3. The molecule has 6 rings (SSSR count). The third-order valence-electron chi connectivity index (χ3n) is 9.00. The van der Waals surface area contributed by atoms with E-state index < -0.39 is 5.66 Å². The minimum atomic E-state index is -1.13. The van der Waals surface area contributed by atoms with Crippen LogP contribution in [0, 0.1) is 0 Å². The average Bonchev–Trinajstić information content (AvgIpc) is 3.37. The third kappa shape index (κ3) is 5.29. The number of nitrogens with zero attached hydrogens (tertiary/aromatic N) is 5. The molecule has 41 heavy (non-hydrogen) atoms. The van der Waals surface area contributed by atoms with Crippen LogP contribution in [0.2, 0.25) is 0 Å². The summed E-state index contributed by atoms with van der Waals surface area (Å²) in [5.41, 5.74) is 1.52. The highest BCUT2D eigenvalue weighted by Gasteiger charge is 2.57. The zero-order valence-corrected chi connectivity index (χ0v) is 23.7. The van der Waals surface area contributed by atoms with E-state index in [2.05, 4.69) is 10.3 Å². The van der Waals surface area contributed by atoms with Gasteiger partial charge < -0.3 is 5.32 Å². The van der Waals surface area contributed by atoms with Gasteiger partial charge in [-0.15, -0.1) is 0 Å². The number of aromatic nitrogens is 1. The van der Waals surface area contributed by atoms with Crippen molar-refractivity contribution in [3.8, 4) is 0 Å². The van der Waals surface area contributed by atoms with Crippen molar-refractivity contribution in [3.05, 3.63) is 65.5 Å². The minimum Gasteiger partial charge on any atom is -0.352 e. The van der Waals surface area contributed by atoms with Crippen LogP contribution >= 0.6 is 0 Å². The maximum Gasteiger partial charge on any atom is 0.329 e. The Kier molecular flexibility index (Phi) is 7.69. The van der Waals surface area contributed by atoms with E-state index in [9.17, 15) is 14.4 Å². The normalized spacial score (nSPS) is 23.7. The number of benzene rings is 1.